The number of benzene rings is 1. The van der Waals surface area contributed by atoms with Gasteiger partial charge in [0.25, 0.3) is 0 Å². The van der Waals surface area contributed by atoms with Crippen LogP contribution in [0.2, 0.25) is 0 Å². The second-order valence-corrected chi connectivity index (χ2v) is 4.00. The largest absolute Gasteiger partial charge is 0.399 e. The highest BCUT2D eigenvalue weighted by Gasteiger charge is 2.08. The molecule has 0 amide bonds. The fourth-order valence-corrected chi connectivity index (χ4v) is 1.05. The van der Waals surface area contributed by atoms with Crippen molar-refractivity contribution in [2.75, 3.05) is 11.1 Å². The number of nitrogens with two attached hydrogens (primary N) is 1. The van der Waals surface area contributed by atoms with E-state index in [1.807, 2.05) is 24.3 Å². The van der Waals surface area contributed by atoms with Gasteiger partial charge in [-0.1, -0.05) is 6.07 Å². The molecule has 1 aromatic rings. The molecule has 2 nitrogen and oxygen atoms in total. The minimum Gasteiger partial charge on any atom is -0.399 e. The molecule has 0 unspecified atom stereocenters. The first-order valence-corrected chi connectivity index (χ1v) is 4.11. The molecular formula is C10H16N2. The molecule has 1 aromatic carbocycles. The third-order valence-corrected chi connectivity index (χ3v) is 1.41. The molecule has 12 heavy (non-hydrogen) atoms. The van der Waals surface area contributed by atoms with E-state index >= 15 is 0 Å². The van der Waals surface area contributed by atoms with Gasteiger partial charge in [0.1, 0.15) is 0 Å². The molecule has 0 aliphatic carbocycles. The minimum absolute atomic E-state index is 0.0911. The maximum Gasteiger partial charge on any atom is 0.0364 e. The SMILES string of the molecule is CC(C)(C)Nc1cccc(N)c1. The lowest BCUT2D eigenvalue weighted by molar-refractivity contribution is 0.634. The maximum atomic E-state index is 5.64. The minimum atomic E-state index is 0.0911. The lowest BCUT2D eigenvalue weighted by atomic mass is 10.1. The molecule has 0 atom stereocenters. The summed E-state index contributed by atoms with van der Waals surface area (Å²) >= 11 is 0. The zero-order valence-electron chi connectivity index (χ0n) is 7.89. The first-order valence-electron chi connectivity index (χ1n) is 4.11. The van der Waals surface area contributed by atoms with Gasteiger partial charge in [-0.25, -0.2) is 0 Å². The number of hydrogen-bond acceptors (Lipinski definition) is 2. The van der Waals surface area contributed by atoms with Crippen LogP contribution < -0.4 is 11.1 Å². The van der Waals surface area contributed by atoms with E-state index in [1.165, 1.54) is 0 Å². The van der Waals surface area contributed by atoms with Crippen molar-refractivity contribution in [3.8, 4) is 0 Å². The van der Waals surface area contributed by atoms with Gasteiger partial charge in [-0.05, 0) is 39.0 Å². The number of rotatable bonds is 1. The van der Waals surface area contributed by atoms with Crippen LogP contribution in [-0.4, -0.2) is 5.54 Å². The van der Waals surface area contributed by atoms with Gasteiger partial charge in [-0.2, -0.15) is 0 Å². The van der Waals surface area contributed by atoms with E-state index in [2.05, 4.69) is 26.1 Å². The number of nitrogens with one attached hydrogen (secondary N) is 1. The van der Waals surface area contributed by atoms with Crippen LogP contribution in [0.15, 0.2) is 24.3 Å². The highest BCUT2D eigenvalue weighted by Crippen LogP contribution is 2.16. The van der Waals surface area contributed by atoms with Gasteiger partial charge in [-0.15, -0.1) is 0 Å². The lowest BCUT2D eigenvalue weighted by Gasteiger charge is -2.22. The average molecular weight is 164 g/mol. The van der Waals surface area contributed by atoms with Gasteiger partial charge in [0.2, 0.25) is 0 Å². The van der Waals surface area contributed by atoms with Gasteiger partial charge >= 0.3 is 0 Å². The van der Waals surface area contributed by atoms with Gasteiger partial charge in [0, 0.05) is 16.9 Å². The molecule has 0 saturated heterocycles. The van der Waals surface area contributed by atoms with E-state index in [9.17, 15) is 0 Å². The fourth-order valence-electron chi connectivity index (χ4n) is 1.05. The Hall–Kier alpha value is -1.18. The zero-order chi connectivity index (χ0) is 9.19. The third-order valence-electron chi connectivity index (χ3n) is 1.41. The molecule has 2 heteroatoms. The van der Waals surface area contributed by atoms with Crippen molar-refractivity contribution in [1.29, 1.82) is 0 Å². The molecule has 0 bridgehead atoms. The molecule has 0 aliphatic rings. The predicted octanol–water partition coefficient (Wildman–Crippen LogP) is 2.48. The summed E-state index contributed by atoms with van der Waals surface area (Å²) in [6.07, 6.45) is 0. The van der Waals surface area contributed by atoms with Crippen molar-refractivity contribution in [1.82, 2.24) is 0 Å². The van der Waals surface area contributed by atoms with Gasteiger partial charge < -0.3 is 11.1 Å². The van der Waals surface area contributed by atoms with Crippen LogP contribution in [0.25, 0.3) is 0 Å². The molecular weight excluding hydrogens is 148 g/mol. The zero-order valence-corrected chi connectivity index (χ0v) is 7.89. The van der Waals surface area contributed by atoms with Crippen LogP contribution in [-0.2, 0) is 0 Å². The van der Waals surface area contributed by atoms with Crippen LogP contribution >= 0.6 is 0 Å². The molecule has 0 radical (unpaired) electrons. The Morgan fingerprint density at radius 3 is 2.42 bits per heavy atom. The molecule has 3 N–H and O–H groups in total. The number of anilines is 2. The van der Waals surface area contributed by atoms with E-state index in [0.29, 0.717) is 0 Å². The van der Waals surface area contributed by atoms with Crippen molar-refractivity contribution >= 4 is 11.4 Å². The van der Waals surface area contributed by atoms with E-state index < -0.39 is 0 Å². The van der Waals surface area contributed by atoms with Crippen molar-refractivity contribution in [2.45, 2.75) is 26.3 Å². The summed E-state index contributed by atoms with van der Waals surface area (Å²) < 4.78 is 0. The highest BCUT2D eigenvalue weighted by atomic mass is 14.9. The van der Waals surface area contributed by atoms with Gasteiger partial charge in [-0.3, -0.25) is 0 Å². The Morgan fingerprint density at radius 2 is 1.92 bits per heavy atom. The van der Waals surface area contributed by atoms with Crippen molar-refractivity contribution in [2.24, 2.45) is 0 Å². The molecule has 0 saturated carbocycles. The summed E-state index contributed by atoms with van der Waals surface area (Å²) in [6, 6.07) is 7.78. The maximum absolute atomic E-state index is 5.64. The van der Waals surface area contributed by atoms with Crippen molar-refractivity contribution in [3.05, 3.63) is 24.3 Å². The smallest absolute Gasteiger partial charge is 0.0364 e. The number of nitrogen functional groups attached to an aromatic ring is 1. The summed E-state index contributed by atoms with van der Waals surface area (Å²) in [5.41, 5.74) is 7.60. The highest BCUT2D eigenvalue weighted by molar-refractivity contribution is 5.54. The number of hydrogen-bond donors (Lipinski definition) is 2. The second kappa shape index (κ2) is 3.05. The predicted molar refractivity (Wildman–Crippen MR) is 54.2 cm³/mol. The molecule has 66 valence electrons. The Morgan fingerprint density at radius 1 is 1.25 bits per heavy atom. The Balaban J connectivity index is 2.77. The van der Waals surface area contributed by atoms with Crippen LogP contribution in [0.5, 0.6) is 0 Å². The van der Waals surface area contributed by atoms with Gasteiger partial charge in [0.05, 0.1) is 0 Å². The van der Waals surface area contributed by atoms with E-state index in [4.69, 9.17) is 5.73 Å². The lowest BCUT2D eigenvalue weighted by Crippen LogP contribution is -2.25. The Bertz CT molecular complexity index is 261. The van der Waals surface area contributed by atoms with E-state index in [-0.39, 0.29) is 5.54 Å². The van der Waals surface area contributed by atoms with Crippen molar-refractivity contribution in [3.63, 3.8) is 0 Å². The second-order valence-electron chi connectivity index (χ2n) is 4.00. The molecule has 0 aliphatic heterocycles. The average Bonchev–Trinajstić information content (AvgIpc) is 1.82. The van der Waals surface area contributed by atoms with E-state index in [1.54, 1.807) is 0 Å². The molecule has 0 aromatic heterocycles. The monoisotopic (exact) mass is 164 g/mol. The van der Waals surface area contributed by atoms with Crippen molar-refractivity contribution < 1.29 is 0 Å². The van der Waals surface area contributed by atoms with Gasteiger partial charge in [0.15, 0.2) is 0 Å². The summed E-state index contributed by atoms with van der Waals surface area (Å²) in [6.45, 7) is 6.36. The fraction of sp³-hybridized carbons (Fsp3) is 0.400. The summed E-state index contributed by atoms with van der Waals surface area (Å²) in [7, 11) is 0. The van der Waals surface area contributed by atoms with Crippen LogP contribution in [0.4, 0.5) is 11.4 Å². The summed E-state index contributed by atoms with van der Waals surface area (Å²) in [4.78, 5) is 0. The Labute approximate surface area is 73.8 Å². The third kappa shape index (κ3) is 2.82. The van der Waals surface area contributed by atoms with E-state index in [0.717, 1.165) is 11.4 Å². The molecule has 0 heterocycles. The summed E-state index contributed by atoms with van der Waals surface area (Å²) in [5.74, 6) is 0. The van der Waals surface area contributed by atoms with Crippen LogP contribution in [0.1, 0.15) is 20.8 Å². The molecule has 1 rings (SSSR count). The molecule has 0 fully saturated rings. The normalized spacial score (nSPS) is 11.2. The standard InChI is InChI=1S/C10H16N2/c1-10(2,3)12-9-6-4-5-8(11)7-9/h4-7,12H,11H2,1-3H3. The quantitative estimate of drug-likeness (QED) is 0.626. The van der Waals surface area contributed by atoms with Crippen LogP contribution in [0.3, 0.4) is 0 Å². The summed E-state index contributed by atoms with van der Waals surface area (Å²) in [5, 5.41) is 3.34. The first kappa shape index (κ1) is 8.91. The molecule has 0 spiro atoms. The Kier molecular flexibility index (Phi) is 2.27. The first-order chi connectivity index (χ1) is 5.47. The van der Waals surface area contributed by atoms with Crippen LogP contribution in [0, 0.1) is 0 Å². The topological polar surface area (TPSA) is 38.0 Å².